The van der Waals surface area contributed by atoms with Crippen molar-refractivity contribution in [2.75, 3.05) is 0 Å². The molecular formula is C9H8N2. The van der Waals surface area contributed by atoms with E-state index in [0.717, 1.165) is 29.7 Å². The molecule has 0 bridgehead atoms. The molecule has 0 aromatic rings. The topological polar surface area (TPSA) is 36.1 Å². The molecule has 0 saturated carbocycles. The summed E-state index contributed by atoms with van der Waals surface area (Å²) in [6.45, 7) is 0. The van der Waals surface area contributed by atoms with Gasteiger partial charge in [0.2, 0.25) is 0 Å². The van der Waals surface area contributed by atoms with Gasteiger partial charge in [-0.3, -0.25) is 4.99 Å². The van der Waals surface area contributed by atoms with E-state index in [4.69, 9.17) is 5.26 Å². The van der Waals surface area contributed by atoms with Crippen LogP contribution in [-0.2, 0) is 0 Å². The zero-order chi connectivity index (χ0) is 7.68. The second-order valence-corrected chi connectivity index (χ2v) is 2.74. The van der Waals surface area contributed by atoms with E-state index in [1.807, 2.05) is 0 Å². The largest absolute Gasteiger partial charge is 0.259 e. The molecule has 0 spiro atoms. The number of fused-ring (bicyclic) bond motifs is 1. The first-order valence-corrected chi connectivity index (χ1v) is 3.79. The standard InChI is InChI=1S/C9H8N2/c10-5-7-6-11-9-4-2-1-3-8(7)9/h3,6H,1-2,4H2. The minimum atomic E-state index is 0.736. The van der Waals surface area contributed by atoms with Gasteiger partial charge in [-0.05, 0) is 19.3 Å². The average Bonchev–Trinajstić information content (AvgIpc) is 2.47. The van der Waals surface area contributed by atoms with Gasteiger partial charge in [0.25, 0.3) is 0 Å². The molecule has 0 N–H and O–H groups in total. The summed E-state index contributed by atoms with van der Waals surface area (Å²) in [5, 5.41) is 8.67. The fraction of sp³-hybridized carbons (Fsp3) is 0.333. The average molecular weight is 144 g/mol. The van der Waals surface area contributed by atoms with Crippen molar-refractivity contribution in [1.82, 2.24) is 0 Å². The second kappa shape index (κ2) is 2.35. The molecule has 54 valence electrons. The highest BCUT2D eigenvalue weighted by molar-refractivity contribution is 6.07. The van der Waals surface area contributed by atoms with Gasteiger partial charge in [0.15, 0.2) is 0 Å². The van der Waals surface area contributed by atoms with Crippen LogP contribution in [0.15, 0.2) is 28.4 Å². The third-order valence-electron chi connectivity index (χ3n) is 2.04. The molecule has 0 amide bonds. The van der Waals surface area contributed by atoms with E-state index in [9.17, 15) is 0 Å². The lowest BCUT2D eigenvalue weighted by Crippen LogP contribution is -2.04. The lowest BCUT2D eigenvalue weighted by molar-refractivity contribution is 0.873. The maximum absolute atomic E-state index is 8.67. The Morgan fingerprint density at radius 1 is 1.55 bits per heavy atom. The van der Waals surface area contributed by atoms with Gasteiger partial charge in [0, 0.05) is 17.5 Å². The normalized spacial score (nSPS) is 21.2. The zero-order valence-electron chi connectivity index (χ0n) is 6.17. The van der Waals surface area contributed by atoms with Gasteiger partial charge in [-0.25, -0.2) is 0 Å². The molecule has 1 heterocycles. The number of rotatable bonds is 0. The van der Waals surface area contributed by atoms with Crippen LogP contribution in [0.25, 0.3) is 0 Å². The van der Waals surface area contributed by atoms with Crippen molar-refractivity contribution in [3.8, 4) is 6.07 Å². The molecule has 0 unspecified atom stereocenters. The SMILES string of the molecule is N#CC1=CN=C2CCCC=C12. The van der Waals surface area contributed by atoms with Gasteiger partial charge >= 0.3 is 0 Å². The molecule has 2 aliphatic rings. The minimum Gasteiger partial charge on any atom is -0.259 e. The summed E-state index contributed by atoms with van der Waals surface area (Å²) in [6.07, 6.45) is 7.09. The van der Waals surface area contributed by atoms with Crippen molar-refractivity contribution in [3.05, 3.63) is 23.4 Å². The van der Waals surface area contributed by atoms with Crippen LogP contribution in [0.1, 0.15) is 19.3 Å². The number of nitrogens with zero attached hydrogens (tertiary/aromatic N) is 2. The predicted octanol–water partition coefficient (Wildman–Crippen LogP) is 1.96. The van der Waals surface area contributed by atoms with E-state index < -0.39 is 0 Å². The van der Waals surface area contributed by atoms with E-state index in [-0.39, 0.29) is 0 Å². The molecule has 0 aromatic carbocycles. The van der Waals surface area contributed by atoms with Crippen molar-refractivity contribution in [1.29, 1.82) is 5.26 Å². The number of nitriles is 1. The Morgan fingerprint density at radius 3 is 3.27 bits per heavy atom. The lowest BCUT2D eigenvalue weighted by Gasteiger charge is -2.08. The van der Waals surface area contributed by atoms with Gasteiger partial charge < -0.3 is 0 Å². The molecule has 1 aliphatic heterocycles. The van der Waals surface area contributed by atoms with Crippen LogP contribution in [-0.4, -0.2) is 5.71 Å². The quantitative estimate of drug-likeness (QED) is 0.512. The van der Waals surface area contributed by atoms with Crippen LogP contribution < -0.4 is 0 Å². The first-order valence-electron chi connectivity index (χ1n) is 3.79. The molecule has 2 rings (SSSR count). The smallest absolute Gasteiger partial charge is 0.101 e. The van der Waals surface area contributed by atoms with Crippen molar-refractivity contribution < 1.29 is 0 Å². The lowest BCUT2D eigenvalue weighted by atomic mass is 9.94. The summed E-state index contributed by atoms with van der Waals surface area (Å²) < 4.78 is 0. The third-order valence-corrected chi connectivity index (χ3v) is 2.04. The van der Waals surface area contributed by atoms with E-state index >= 15 is 0 Å². The Bertz CT molecular complexity index is 313. The molecule has 0 aromatic heterocycles. The monoisotopic (exact) mass is 144 g/mol. The van der Waals surface area contributed by atoms with Crippen LogP contribution in [0.2, 0.25) is 0 Å². The minimum absolute atomic E-state index is 0.736. The summed E-state index contributed by atoms with van der Waals surface area (Å²) in [7, 11) is 0. The zero-order valence-corrected chi connectivity index (χ0v) is 6.17. The molecule has 0 saturated heterocycles. The van der Waals surface area contributed by atoms with E-state index in [1.165, 1.54) is 6.42 Å². The summed E-state index contributed by atoms with van der Waals surface area (Å²) in [5.74, 6) is 0. The highest BCUT2D eigenvalue weighted by atomic mass is 14.7. The maximum Gasteiger partial charge on any atom is 0.101 e. The molecule has 2 heteroatoms. The molecule has 2 nitrogen and oxygen atoms in total. The van der Waals surface area contributed by atoms with Crippen LogP contribution >= 0.6 is 0 Å². The van der Waals surface area contributed by atoms with Gasteiger partial charge in [0.1, 0.15) is 6.07 Å². The van der Waals surface area contributed by atoms with Gasteiger partial charge in [-0.1, -0.05) is 6.08 Å². The number of aliphatic imine (C=N–C) groups is 1. The number of hydrogen-bond donors (Lipinski definition) is 0. The first kappa shape index (κ1) is 6.36. The molecule has 1 aliphatic carbocycles. The highest BCUT2D eigenvalue weighted by Gasteiger charge is 2.18. The first-order chi connectivity index (χ1) is 5.42. The van der Waals surface area contributed by atoms with E-state index in [0.29, 0.717) is 0 Å². The van der Waals surface area contributed by atoms with Crippen LogP contribution in [0.4, 0.5) is 0 Å². The molecule has 0 fully saturated rings. The van der Waals surface area contributed by atoms with E-state index in [1.54, 1.807) is 6.20 Å². The van der Waals surface area contributed by atoms with Gasteiger partial charge in [-0.2, -0.15) is 5.26 Å². The Kier molecular flexibility index (Phi) is 1.36. The predicted molar refractivity (Wildman–Crippen MR) is 43.1 cm³/mol. The summed E-state index contributed by atoms with van der Waals surface area (Å²) in [6, 6.07) is 2.14. The Balaban J connectivity index is 2.39. The molecule has 0 atom stereocenters. The Morgan fingerprint density at radius 2 is 2.45 bits per heavy atom. The van der Waals surface area contributed by atoms with E-state index in [2.05, 4.69) is 17.1 Å². The van der Waals surface area contributed by atoms with Crippen LogP contribution in [0.3, 0.4) is 0 Å². The second-order valence-electron chi connectivity index (χ2n) is 2.74. The van der Waals surface area contributed by atoms with Crippen molar-refractivity contribution in [3.63, 3.8) is 0 Å². The Hall–Kier alpha value is -1.36. The fourth-order valence-corrected chi connectivity index (χ4v) is 1.47. The molecule has 0 radical (unpaired) electrons. The molecular weight excluding hydrogens is 136 g/mol. The third kappa shape index (κ3) is 0.894. The fourth-order valence-electron chi connectivity index (χ4n) is 1.47. The van der Waals surface area contributed by atoms with Crippen molar-refractivity contribution >= 4 is 5.71 Å². The number of hydrogen-bond acceptors (Lipinski definition) is 2. The maximum atomic E-state index is 8.67. The van der Waals surface area contributed by atoms with Gasteiger partial charge in [-0.15, -0.1) is 0 Å². The number of allylic oxidation sites excluding steroid dienone is 3. The van der Waals surface area contributed by atoms with Crippen LogP contribution in [0, 0.1) is 11.3 Å². The van der Waals surface area contributed by atoms with Crippen molar-refractivity contribution in [2.45, 2.75) is 19.3 Å². The molecule has 11 heavy (non-hydrogen) atoms. The summed E-state index contributed by atoms with van der Waals surface area (Å²) in [4.78, 5) is 4.17. The Labute approximate surface area is 65.6 Å². The van der Waals surface area contributed by atoms with Gasteiger partial charge in [0.05, 0.1) is 5.57 Å². The van der Waals surface area contributed by atoms with Crippen molar-refractivity contribution in [2.24, 2.45) is 4.99 Å². The van der Waals surface area contributed by atoms with Crippen LogP contribution in [0.5, 0.6) is 0 Å². The summed E-state index contributed by atoms with van der Waals surface area (Å²) >= 11 is 0. The summed E-state index contributed by atoms with van der Waals surface area (Å²) in [5.41, 5.74) is 2.92. The highest BCUT2D eigenvalue weighted by Crippen LogP contribution is 2.26.